The Bertz CT molecular complexity index is 543. The van der Waals surface area contributed by atoms with E-state index in [4.69, 9.17) is 11.6 Å². The van der Waals surface area contributed by atoms with Crippen LogP contribution in [0.3, 0.4) is 0 Å². The summed E-state index contributed by atoms with van der Waals surface area (Å²) < 4.78 is 26.2. The lowest BCUT2D eigenvalue weighted by atomic mass is 10.0. The first-order valence-corrected chi connectivity index (χ1v) is 6.69. The molecule has 18 heavy (non-hydrogen) atoms. The number of alkyl halides is 1. The summed E-state index contributed by atoms with van der Waals surface area (Å²) in [6, 6.07) is 11.9. The Balaban J connectivity index is 2.24. The summed E-state index contributed by atoms with van der Waals surface area (Å²) in [6.07, 6.45) is 0.658. The molecule has 0 amide bonds. The number of hydrogen-bond acceptors (Lipinski definition) is 0. The lowest BCUT2D eigenvalue weighted by molar-refractivity contribution is 0.507. The van der Waals surface area contributed by atoms with Gasteiger partial charge in [-0.3, -0.25) is 0 Å². The van der Waals surface area contributed by atoms with Gasteiger partial charge in [0.1, 0.15) is 0 Å². The maximum absolute atomic E-state index is 13.2. The molecule has 0 N–H and O–H groups in total. The molecular formula is C14H10BrClF2. The van der Waals surface area contributed by atoms with E-state index in [2.05, 4.69) is 15.9 Å². The van der Waals surface area contributed by atoms with Gasteiger partial charge in [-0.15, -0.1) is 0 Å². The van der Waals surface area contributed by atoms with Crippen LogP contribution in [0.5, 0.6) is 0 Å². The topological polar surface area (TPSA) is 0 Å². The van der Waals surface area contributed by atoms with Gasteiger partial charge < -0.3 is 0 Å². The van der Waals surface area contributed by atoms with Crippen LogP contribution < -0.4 is 0 Å². The third-order valence-corrected chi connectivity index (χ3v) is 3.78. The first kappa shape index (κ1) is 13.5. The van der Waals surface area contributed by atoms with Gasteiger partial charge in [0.05, 0.1) is 0 Å². The molecule has 0 saturated heterocycles. The molecule has 0 fully saturated rings. The Hall–Kier alpha value is -0.930. The summed E-state index contributed by atoms with van der Waals surface area (Å²) in [5.41, 5.74) is 1.65. The smallest absolute Gasteiger partial charge is 0.160 e. The number of rotatable bonds is 3. The van der Waals surface area contributed by atoms with Crippen LogP contribution in [0.25, 0.3) is 0 Å². The lowest BCUT2D eigenvalue weighted by Gasteiger charge is -2.12. The number of halogens is 4. The monoisotopic (exact) mass is 330 g/mol. The van der Waals surface area contributed by atoms with Gasteiger partial charge in [-0.25, -0.2) is 8.78 Å². The molecule has 2 aromatic carbocycles. The van der Waals surface area contributed by atoms with E-state index in [1.807, 2.05) is 30.3 Å². The van der Waals surface area contributed by atoms with Crippen LogP contribution in [0.4, 0.5) is 8.78 Å². The fourth-order valence-corrected chi connectivity index (χ4v) is 2.88. The molecule has 0 spiro atoms. The molecule has 0 aliphatic heterocycles. The molecule has 0 radical (unpaired) electrons. The third kappa shape index (κ3) is 3.09. The van der Waals surface area contributed by atoms with Gasteiger partial charge in [0, 0.05) is 9.85 Å². The van der Waals surface area contributed by atoms with Crippen LogP contribution in [0.1, 0.15) is 16.0 Å². The van der Waals surface area contributed by atoms with E-state index >= 15 is 0 Å². The molecule has 2 aromatic rings. The maximum Gasteiger partial charge on any atom is 0.160 e. The van der Waals surface area contributed by atoms with Crippen molar-refractivity contribution in [3.63, 3.8) is 0 Å². The van der Waals surface area contributed by atoms with Gasteiger partial charge >= 0.3 is 0 Å². The Labute approximate surface area is 118 Å². The molecule has 1 atom stereocenters. The fraction of sp³-hybridized carbons (Fsp3) is 0.143. The summed E-state index contributed by atoms with van der Waals surface area (Å²) in [5, 5.41) is 0.228. The second-order valence-corrected chi connectivity index (χ2v) is 5.46. The average molecular weight is 332 g/mol. The van der Waals surface area contributed by atoms with Crippen molar-refractivity contribution >= 4 is 27.5 Å². The van der Waals surface area contributed by atoms with Gasteiger partial charge in [-0.2, -0.15) is 0 Å². The minimum atomic E-state index is -0.928. The van der Waals surface area contributed by atoms with Crippen LogP contribution >= 0.6 is 27.5 Å². The minimum absolute atomic E-state index is 0.150. The van der Waals surface area contributed by atoms with E-state index in [-0.39, 0.29) is 9.85 Å². The molecule has 0 bridgehead atoms. The van der Waals surface area contributed by atoms with Crippen LogP contribution in [0.15, 0.2) is 42.5 Å². The van der Waals surface area contributed by atoms with E-state index < -0.39 is 11.6 Å². The Morgan fingerprint density at radius 2 is 1.67 bits per heavy atom. The molecule has 0 aromatic heterocycles. The largest absolute Gasteiger partial charge is 0.204 e. The molecule has 4 heteroatoms. The lowest BCUT2D eigenvalue weighted by Crippen LogP contribution is -1.98. The van der Waals surface area contributed by atoms with Crippen molar-refractivity contribution in [3.8, 4) is 0 Å². The van der Waals surface area contributed by atoms with Crippen molar-refractivity contribution in [3.05, 3.63) is 70.2 Å². The van der Waals surface area contributed by atoms with Crippen LogP contribution in [-0.4, -0.2) is 0 Å². The third-order valence-electron chi connectivity index (χ3n) is 2.63. The summed E-state index contributed by atoms with van der Waals surface area (Å²) >= 11 is 9.38. The quantitative estimate of drug-likeness (QED) is 0.529. The number of benzene rings is 2. The highest BCUT2D eigenvalue weighted by Crippen LogP contribution is 2.33. The van der Waals surface area contributed by atoms with Gasteiger partial charge in [-0.1, -0.05) is 57.9 Å². The van der Waals surface area contributed by atoms with Crippen LogP contribution in [-0.2, 0) is 6.42 Å². The zero-order valence-corrected chi connectivity index (χ0v) is 11.7. The normalized spacial score (nSPS) is 12.4. The molecule has 0 saturated carbocycles. The summed E-state index contributed by atoms with van der Waals surface area (Å²) in [7, 11) is 0. The second kappa shape index (κ2) is 5.81. The minimum Gasteiger partial charge on any atom is -0.204 e. The molecule has 1 unspecified atom stereocenters. The second-order valence-electron chi connectivity index (χ2n) is 3.95. The van der Waals surface area contributed by atoms with Crippen molar-refractivity contribution in [1.29, 1.82) is 0 Å². The standard InChI is InChI=1S/C14H10BrClF2/c15-11(6-9-4-2-1-3-5-9)10-7-13(17)14(18)8-12(10)16/h1-5,7-8,11H,6H2. The molecule has 2 rings (SSSR count). The molecular weight excluding hydrogens is 322 g/mol. The Kier molecular flexibility index (Phi) is 4.36. The molecule has 0 aliphatic rings. The first-order chi connectivity index (χ1) is 8.58. The average Bonchev–Trinajstić information content (AvgIpc) is 2.35. The van der Waals surface area contributed by atoms with Crippen molar-refractivity contribution in [2.75, 3.05) is 0 Å². The van der Waals surface area contributed by atoms with Crippen molar-refractivity contribution in [1.82, 2.24) is 0 Å². The maximum atomic E-state index is 13.2. The fourth-order valence-electron chi connectivity index (χ4n) is 1.71. The van der Waals surface area contributed by atoms with E-state index in [0.29, 0.717) is 12.0 Å². The molecule has 0 heterocycles. The van der Waals surface area contributed by atoms with E-state index in [1.54, 1.807) is 0 Å². The van der Waals surface area contributed by atoms with Gasteiger partial charge in [0.2, 0.25) is 0 Å². The Morgan fingerprint density at radius 3 is 2.33 bits per heavy atom. The van der Waals surface area contributed by atoms with Crippen molar-refractivity contribution in [2.24, 2.45) is 0 Å². The summed E-state index contributed by atoms with van der Waals surface area (Å²) in [4.78, 5) is -0.150. The summed E-state index contributed by atoms with van der Waals surface area (Å²) in [6.45, 7) is 0. The zero-order valence-electron chi connectivity index (χ0n) is 9.34. The van der Waals surface area contributed by atoms with Crippen molar-refractivity contribution in [2.45, 2.75) is 11.2 Å². The van der Waals surface area contributed by atoms with Crippen LogP contribution in [0.2, 0.25) is 5.02 Å². The van der Waals surface area contributed by atoms with Gasteiger partial charge in [-0.05, 0) is 29.7 Å². The highest BCUT2D eigenvalue weighted by atomic mass is 79.9. The van der Waals surface area contributed by atoms with E-state index in [9.17, 15) is 8.78 Å². The van der Waals surface area contributed by atoms with Gasteiger partial charge in [0.25, 0.3) is 0 Å². The van der Waals surface area contributed by atoms with Crippen LogP contribution in [0, 0.1) is 11.6 Å². The first-order valence-electron chi connectivity index (χ1n) is 5.40. The molecule has 0 nitrogen and oxygen atoms in total. The number of hydrogen-bond donors (Lipinski definition) is 0. The molecule has 0 aliphatic carbocycles. The summed E-state index contributed by atoms with van der Waals surface area (Å²) in [5.74, 6) is -1.81. The predicted molar refractivity (Wildman–Crippen MR) is 73.2 cm³/mol. The van der Waals surface area contributed by atoms with E-state index in [1.165, 1.54) is 0 Å². The zero-order chi connectivity index (χ0) is 13.1. The highest BCUT2D eigenvalue weighted by Gasteiger charge is 2.15. The van der Waals surface area contributed by atoms with E-state index in [0.717, 1.165) is 17.7 Å². The van der Waals surface area contributed by atoms with Gasteiger partial charge in [0.15, 0.2) is 11.6 Å². The van der Waals surface area contributed by atoms with Crippen molar-refractivity contribution < 1.29 is 8.78 Å². The Morgan fingerprint density at radius 1 is 1.06 bits per heavy atom. The predicted octanol–water partition coefficient (Wildman–Crippen LogP) is 5.30. The highest BCUT2D eigenvalue weighted by molar-refractivity contribution is 9.09. The molecule has 94 valence electrons. The SMILES string of the molecule is Fc1cc(Cl)c(C(Br)Cc2ccccc2)cc1F.